The van der Waals surface area contributed by atoms with Crippen molar-refractivity contribution in [3.63, 3.8) is 0 Å². The number of hydrogen-bond acceptors (Lipinski definition) is 2. The van der Waals surface area contributed by atoms with Gasteiger partial charge in [0.15, 0.2) is 0 Å². The van der Waals surface area contributed by atoms with Crippen molar-refractivity contribution in [1.82, 2.24) is 4.90 Å². The predicted molar refractivity (Wildman–Crippen MR) is 62.2 cm³/mol. The normalized spacial score (nSPS) is 16.7. The van der Waals surface area contributed by atoms with Gasteiger partial charge in [-0.3, -0.25) is 0 Å². The summed E-state index contributed by atoms with van der Waals surface area (Å²) >= 11 is 0. The number of fused-ring (bicyclic) bond motifs is 1. The maximum atomic E-state index is 11.4. The van der Waals surface area contributed by atoms with Crippen LogP contribution < -0.4 is 5.32 Å². The average molecular weight is 220 g/mol. The van der Waals surface area contributed by atoms with Crippen molar-refractivity contribution < 1.29 is 9.90 Å². The maximum Gasteiger partial charge on any atom is 0.321 e. The van der Waals surface area contributed by atoms with Crippen molar-refractivity contribution in [2.75, 3.05) is 12.4 Å². The number of nitrogens with zero attached hydrogens (tertiary/aromatic N) is 1. The van der Waals surface area contributed by atoms with Gasteiger partial charge in [-0.1, -0.05) is 13.0 Å². The molecular weight excluding hydrogens is 204 g/mol. The molecule has 1 aliphatic rings. The molecule has 0 saturated carbocycles. The van der Waals surface area contributed by atoms with E-state index in [9.17, 15) is 9.90 Å². The van der Waals surface area contributed by atoms with Crippen LogP contribution in [0.4, 0.5) is 10.5 Å². The molecule has 2 rings (SSSR count). The monoisotopic (exact) mass is 220 g/mol. The Balaban J connectivity index is 2.32. The van der Waals surface area contributed by atoms with Crippen molar-refractivity contribution in [3.8, 4) is 0 Å². The molecule has 0 spiro atoms. The number of aliphatic hydroxyl groups excluding tert-OH is 1. The first-order valence-corrected chi connectivity index (χ1v) is 5.44. The summed E-state index contributed by atoms with van der Waals surface area (Å²) in [6.07, 6.45) is 0.272. The highest BCUT2D eigenvalue weighted by Gasteiger charge is 2.19. The molecule has 2 amide bonds. The molecule has 2 N–H and O–H groups in total. The van der Waals surface area contributed by atoms with Crippen LogP contribution in [0.25, 0.3) is 0 Å². The van der Waals surface area contributed by atoms with Crippen molar-refractivity contribution in [2.24, 2.45) is 0 Å². The first kappa shape index (κ1) is 11.0. The quantitative estimate of drug-likeness (QED) is 0.802. The summed E-state index contributed by atoms with van der Waals surface area (Å²) in [5, 5.41) is 12.5. The second kappa shape index (κ2) is 4.14. The van der Waals surface area contributed by atoms with Crippen LogP contribution in [0.1, 0.15) is 30.6 Å². The van der Waals surface area contributed by atoms with Crippen molar-refractivity contribution >= 4 is 11.7 Å². The lowest BCUT2D eigenvalue weighted by molar-refractivity contribution is 0.173. The van der Waals surface area contributed by atoms with Gasteiger partial charge in [0.1, 0.15) is 0 Å². The van der Waals surface area contributed by atoms with Gasteiger partial charge < -0.3 is 15.3 Å². The molecule has 1 unspecified atom stereocenters. The van der Waals surface area contributed by atoms with E-state index in [-0.39, 0.29) is 6.03 Å². The zero-order valence-electron chi connectivity index (χ0n) is 9.53. The van der Waals surface area contributed by atoms with Gasteiger partial charge in [-0.2, -0.15) is 0 Å². The Bertz CT molecular complexity index is 417. The highest BCUT2D eigenvalue weighted by atomic mass is 16.3. The summed E-state index contributed by atoms with van der Waals surface area (Å²) in [4.78, 5) is 13.0. The first-order chi connectivity index (χ1) is 7.61. The Morgan fingerprint density at radius 3 is 3.00 bits per heavy atom. The topological polar surface area (TPSA) is 52.6 Å². The molecule has 0 aromatic heterocycles. The van der Waals surface area contributed by atoms with Crippen LogP contribution in [0, 0.1) is 0 Å². The zero-order chi connectivity index (χ0) is 11.7. The molecule has 0 radical (unpaired) electrons. The molecular formula is C12H16N2O2. The number of carbonyl (C=O) groups is 1. The van der Waals surface area contributed by atoms with Crippen LogP contribution in [0.5, 0.6) is 0 Å². The lowest BCUT2D eigenvalue weighted by atomic mass is 10.0. The van der Waals surface area contributed by atoms with E-state index in [0.29, 0.717) is 13.0 Å². The summed E-state index contributed by atoms with van der Waals surface area (Å²) in [6, 6.07) is 5.59. The molecule has 4 heteroatoms. The van der Waals surface area contributed by atoms with E-state index in [2.05, 4.69) is 5.32 Å². The van der Waals surface area contributed by atoms with E-state index in [4.69, 9.17) is 0 Å². The third kappa shape index (κ3) is 1.88. The molecule has 1 aromatic rings. The van der Waals surface area contributed by atoms with Crippen LogP contribution in [0.2, 0.25) is 0 Å². The van der Waals surface area contributed by atoms with E-state index in [1.165, 1.54) is 0 Å². The summed E-state index contributed by atoms with van der Waals surface area (Å²) in [7, 11) is 1.75. The van der Waals surface area contributed by atoms with Crippen LogP contribution in [0.15, 0.2) is 18.2 Å². The van der Waals surface area contributed by atoms with Crippen LogP contribution in [-0.2, 0) is 6.54 Å². The van der Waals surface area contributed by atoms with Gasteiger partial charge in [0.2, 0.25) is 0 Å². The number of rotatable bonds is 2. The van der Waals surface area contributed by atoms with E-state index in [1.807, 2.05) is 25.1 Å². The molecule has 1 heterocycles. The molecule has 16 heavy (non-hydrogen) atoms. The molecule has 0 saturated heterocycles. The standard InChI is InChI=1S/C12H16N2O2/c1-3-11(15)8-4-5-10-9(6-8)7-14(2)12(16)13-10/h4-6,11,15H,3,7H2,1-2H3,(H,13,16). The summed E-state index contributed by atoms with van der Waals surface area (Å²) < 4.78 is 0. The van der Waals surface area contributed by atoms with Gasteiger partial charge >= 0.3 is 6.03 Å². The minimum absolute atomic E-state index is 0.0868. The lowest BCUT2D eigenvalue weighted by Crippen LogP contribution is -2.35. The lowest BCUT2D eigenvalue weighted by Gasteiger charge is -2.26. The molecule has 4 nitrogen and oxygen atoms in total. The smallest absolute Gasteiger partial charge is 0.321 e. The Morgan fingerprint density at radius 1 is 1.56 bits per heavy atom. The third-order valence-corrected chi connectivity index (χ3v) is 2.90. The fourth-order valence-electron chi connectivity index (χ4n) is 1.85. The Hall–Kier alpha value is -1.55. The van der Waals surface area contributed by atoms with Crippen LogP contribution >= 0.6 is 0 Å². The third-order valence-electron chi connectivity index (χ3n) is 2.90. The molecule has 1 aliphatic heterocycles. The summed E-state index contributed by atoms with van der Waals surface area (Å²) in [5.74, 6) is 0. The van der Waals surface area contributed by atoms with Gasteiger partial charge in [-0.25, -0.2) is 4.79 Å². The van der Waals surface area contributed by atoms with Gasteiger partial charge in [-0.15, -0.1) is 0 Å². The number of hydrogen-bond donors (Lipinski definition) is 2. The fourth-order valence-corrected chi connectivity index (χ4v) is 1.85. The number of nitrogens with one attached hydrogen (secondary N) is 1. The van der Waals surface area contributed by atoms with Crippen LogP contribution in [0.3, 0.4) is 0 Å². The van der Waals surface area contributed by atoms with E-state index >= 15 is 0 Å². The highest BCUT2D eigenvalue weighted by Crippen LogP contribution is 2.26. The van der Waals surface area contributed by atoms with E-state index in [1.54, 1.807) is 11.9 Å². The molecule has 1 atom stereocenters. The van der Waals surface area contributed by atoms with Crippen molar-refractivity contribution in [2.45, 2.75) is 26.0 Å². The fraction of sp³-hybridized carbons (Fsp3) is 0.417. The summed E-state index contributed by atoms with van der Waals surface area (Å²) in [5.41, 5.74) is 2.80. The van der Waals surface area contributed by atoms with Crippen molar-refractivity contribution in [3.05, 3.63) is 29.3 Å². The SMILES string of the molecule is CCC(O)c1ccc2c(c1)CN(C)C(=O)N2. The van der Waals surface area contributed by atoms with Crippen molar-refractivity contribution in [1.29, 1.82) is 0 Å². The number of carbonyl (C=O) groups excluding carboxylic acids is 1. The van der Waals surface area contributed by atoms with Gasteiger partial charge in [0.05, 0.1) is 6.10 Å². The average Bonchev–Trinajstić information content (AvgIpc) is 2.29. The van der Waals surface area contributed by atoms with E-state index < -0.39 is 6.10 Å². The number of aliphatic hydroxyl groups is 1. The number of benzene rings is 1. The molecule has 0 aliphatic carbocycles. The number of amides is 2. The van der Waals surface area contributed by atoms with E-state index in [0.717, 1.165) is 16.8 Å². The predicted octanol–water partition coefficient (Wildman–Crippen LogP) is 2.11. The van der Waals surface area contributed by atoms with Gasteiger partial charge in [-0.05, 0) is 29.7 Å². The minimum atomic E-state index is -0.423. The number of anilines is 1. The molecule has 86 valence electrons. The first-order valence-electron chi connectivity index (χ1n) is 5.44. The number of urea groups is 1. The largest absolute Gasteiger partial charge is 0.388 e. The second-order valence-corrected chi connectivity index (χ2v) is 4.13. The Labute approximate surface area is 94.9 Å². The second-order valence-electron chi connectivity index (χ2n) is 4.13. The van der Waals surface area contributed by atoms with Gasteiger partial charge in [0, 0.05) is 19.3 Å². The Morgan fingerprint density at radius 2 is 2.31 bits per heavy atom. The zero-order valence-corrected chi connectivity index (χ0v) is 9.53. The van der Waals surface area contributed by atoms with Crippen LogP contribution in [-0.4, -0.2) is 23.1 Å². The molecule has 0 fully saturated rings. The summed E-state index contributed by atoms with van der Waals surface area (Å²) in [6.45, 7) is 2.53. The van der Waals surface area contributed by atoms with Gasteiger partial charge in [0.25, 0.3) is 0 Å². The maximum absolute atomic E-state index is 11.4. The highest BCUT2D eigenvalue weighted by molar-refractivity contribution is 5.92. The Kier molecular flexibility index (Phi) is 2.83. The molecule has 1 aromatic carbocycles. The molecule has 0 bridgehead atoms. The minimum Gasteiger partial charge on any atom is -0.388 e.